The third kappa shape index (κ3) is 3.62. The summed E-state index contributed by atoms with van der Waals surface area (Å²) in [6.07, 6.45) is 3.15. The van der Waals surface area contributed by atoms with Gasteiger partial charge in [-0.3, -0.25) is 24.3 Å². The van der Waals surface area contributed by atoms with Crippen molar-refractivity contribution in [2.75, 3.05) is 0 Å². The first-order valence-electron chi connectivity index (χ1n) is 8.72. The van der Waals surface area contributed by atoms with Gasteiger partial charge in [0.2, 0.25) is 0 Å². The lowest BCUT2D eigenvalue weighted by molar-refractivity contribution is -0.140. The van der Waals surface area contributed by atoms with Crippen LogP contribution in [0.5, 0.6) is 0 Å². The number of nitrogens with zero attached hydrogens (tertiary/aromatic N) is 2. The van der Waals surface area contributed by atoms with Gasteiger partial charge in [-0.1, -0.05) is 13.8 Å². The van der Waals surface area contributed by atoms with Gasteiger partial charge in [0.15, 0.2) is 0 Å². The Morgan fingerprint density at radius 1 is 1.07 bits per heavy atom. The second-order valence-electron chi connectivity index (χ2n) is 6.85. The number of rotatable bonds is 6. The maximum atomic E-state index is 12.7. The number of pyridine rings is 1. The van der Waals surface area contributed by atoms with E-state index >= 15 is 0 Å². The molecular weight excluding hydrogens is 362 g/mol. The summed E-state index contributed by atoms with van der Waals surface area (Å²) in [6.45, 7) is 3.46. The van der Waals surface area contributed by atoms with E-state index in [1.165, 1.54) is 18.2 Å². The van der Waals surface area contributed by atoms with Crippen molar-refractivity contribution in [3.63, 3.8) is 0 Å². The van der Waals surface area contributed by atoms with Gasteiger partial charge in [0.05, 0.1) is 17.7 Å². The summed E-state index contributed by atoms with van der Waals surface area (Å²) in [5.74, 6) is -2.99. The molecule has 0 unspecified atom stereocenters. The van der Waals surface area contributed by atoms with Gasteiger partial charge < -0.3 is 10.4 Å². The number of carboxylic acids is 1. The fraction of sp³-hybridized carbons (Fsp3) is 0.250. The molecule has 2 N–H and O–H groups in total. The molecule has 2 heterocycles. The quantitative estimate of drug-likeness (QED) is 0.736. The highest BCUT2D eigenvalue weighted by Crippen LogP contribution is 2.25. The Kier molecular flexibility index (Phi) is 5.21. The van der Waals surface area contributed by atoms with Gasteiger partial charge in [-0.2, -0.15) is 0 Å². The molecule has 1 atom stereocenters. The summed E-state index contributed by atoms with van der Waals surface area (Å²) in [6, 6.07) is 6.52. The largest absolute Gasteiger partial charge is 0.480 e. The first-order chi connectivity index (χ1) is 13.3. The van der Waals surface area contributed by atoms with Gasteiger partial charge in [0, 0.05) is 18.0 Å². The van der Waals surface area contributed by atoms with Crippen LogP contribution in [0.2, 0.25) is 0 Å². The van der Waals surface area contributed by atoms with Crippen LogP contribution in [0.25, 0.3) is 0 Å². The molecule has 0 bridgehead atoms. The van der Waals surface area contributed by atoms with Crippen LogP contribution >= 0.6 is 0 Å². The Morgan fingerprint density at radius 2 is 1.71 bits per heavy atom. The van der Waals surface area contributed by atoms with E-state index in [9.17, 15) is 24.3 Å². The Bertz CT molecular complexity index is 956. The van der Waals surface area contributed by atoms with Crippen LogP contribution in [-0.2, 0) is 11.3 Å². The molecule has 1 aromatic carbocycles. The Hall–Kier alpha value is -3.55. The fourth-order valence-corrected chi connectivity index (χ4v) is 2.98. The fourth-order valence-electron chi connectivity index (χ4n) is 2.98. The molecule has 0 saturated heterocycles. The minimum atomic E-state index is -1.14. The summed E-state index contributed by atoms with van der Waals surface area (Å²) < 4.78 is 0. The Morgan fingerprint density at radius 3 is 2.32 bits per heavy atom. The predicted octanol–water partition coefficient (Wildman–Crippen LogP) is 1.72. The number of carbonyl (C=O) groups excluding carboxylic acids is 3. The van der Waals surface area contributed by atoms with Crippen LogP contribution in [-0.4, -0.2) is 44.7 Å². The molecule has 0 aliphatic carbocycles. The van der Waals surface area contributed by atoms with Gasteiger partial charge in [-0.25, -0.2) is 4.79 Å². The molecular formula is C20H19N3O5. The molecule has 28 heavy (non-hydrogen) atoms. The summed E-state index contributed by atoms with van der Waals surface area (Å²) >= 11 is 0. The molecule has 1 aliphatic rings. The zero-order valence-electron chi connectivity index (χ0n) is 15.4. The number of carbonyl (C=O) groups is 4. The molecule has 0 saturated carbocycles. The maximum Gasteiger partial charge on any atom is 0.326 e. The van der Waals surface area contributed by atoms with Crippen LogP contribution < -0.4 is 5.32 Å². The highest BCUT2D eigenvalue weighted by atomic mass is 16.4. The van der Waals surface area contributed by atoms with E-state index in [0.717, 1.165) is 10.5 Å². The van der Waals surface area contributed by atoms with Crippen LogP contribution in [0, 0.1) is 5.92 Å². The van der Waals surface area contributed by atoms with E-state index in [4.69, 9.17) is 0 Å². The molecule has 2 aromatic rings. The van der Waals surface area contributed by atoms with Crippen molar-refractivity contribution < 1.29 is 24.3 Å². The number of aliphatic carboxylic acids is 1. The number of nitrogens with one attached hydrogen (secondary N) is 1. The molecule has 0 radical (unpaired) electrons. The van der Waals surface area contributed by atoms with Gasteiger partial charge in [-0.05, 0) is 41.8 Å². The number of hydrogen-bond donors (Lipinski definition) is 2. The highest BCUT2D eigenvalue weighted by Gasteiger charge is 2.36. The second kappa shape index (κ2) is 7.59. The third-order valence-electron chi connectivity index (χ3n) is 4.54. The van der Waals surface area contributed by atoms with Crippen LogP contribution in [0.4, 0.5) is 0 Å². The minimum absolute atomic E-state index is 0.102. The van der Waals surface area contributed by atoms with Crippen molar-refractivity contribution in [3.8, 4) is 0 Å². The molecule has 8 nitrogen and oxygen atoms in total. The first-order valence-corrected chi connectivity index (χ1v) is 8.72. The SMILES string of the molecule is CC(C)[C@@H](NC(=O)c1ccc2c(c1)C(=O)N(Cc1ccncc1)C2=O)C(=O)O. The van der Waals surface area contributed by atoms with E-state index in [-0.39, 0.29) is 29.2 Å². The summed E-state index contributed by atoms with van der Waals surface area (Å²) in [7, 11) is 0. The number of hydrogen-bond acceptors (Lipinski definition) is 5. The van der Waals surface area contributed by atoms with Crippen molar-refractivity contribution in [2.24, 2.45) is 5.92 Å². The smallest absolute Gasteiger partial charge is 0.326 e. The summed E-state index contributed by atoms with van der Waals surface area (Å²) in [5.41, 5.74) is 1.22. The van der Waals surface area contributed by atoms with Gasteiger partial charge >= 0.3 is 5.97 Å². The average molecular weight is 381 g/mol. The minimum Gasteiger partial charge on any atom is -0.480 e. The molecule has 144 valence electrons. The molecule has 0 fully saturated rings. The Labute approximate surface area is 161 Å². The zero-order valence-corrected chi connectivity index (χ0v) is 15.4. The van der Waals surface area contributed by atoms with E-state index in [0.29, 0.717) is 0 Å². The predicted molar refractivity (Wildman–Crippen MR) is 98.6 cm³/mol. The van der Waals surface area contributed by atoms with E-state index in [1.54, 1.807) is 38.4 Å². The van der Waals surface area contributed by atoms with Crippen molar-refractivity contribution in [1.82, 2.24) is 15.2 Å². The molecule has 3 rings (SSSR count). The summed E-state index contributed by atoms with van der Waals surface area (Å²) in [4.78, 5) is 54.0. The normalized spacial score (nSPS) is 14.2. The monoisotopic (exact) mass is 381 g/mol. The van der Waals surface area contributed by atoms with Crippen molar-refractivity contribution in [3.05, 3.63) is 65.0 Å². The van der Waals surface area contributed by atoms with Crippen LogP contribution in [0.15, 0.2) is 42.7 Å². The van der Waals surface area contributed by atoms with Gasteiger partial charge in [0.1, 0.15) is 6.04 Å². The zero-order chi connectivity index (χ0) is 20.4. The number of aromatic nitrogens is 1. The lowest BCUT2D eigenvalue weighted by Crippen LogP contribution is -2.44. The van der Waals surface area contributed by atoms with E-state index < -0.39 is 29.7 Å². The summed E-state index contributed by atoms with van der Waals surface area (Å²) in [5, 5.41) is 11.7. The molecule has 1 aromatic heterocycles. The van der Waals surface area contributed by atoms with E-state index in [2.05, 4.69) is 10.3 Å². The van der Waals surface area contributed by atoms with E-state index in [1.807, 2.05) is 0 Å². The lowest BCUT2D eigenvalue weighted by atomic mass is 10.0. The Balaban J connectivity index is 1.83. The standard InChI is InChI=1S/C20H19N3O5/c1-11(2)16(20(27)28)22-17(24)13-3-4-14-15(9-13)19(26)23(18(14)25)10-12-5-7-21-8-6-12/h3-9,11,16H,10H2,1-2H3,(H,22,24)(H,27,28)/t16-/m1/s1. The van der Waals surface area contributed by atoms with Gasteiger partial charge in [-0.15, -0.1) is 0 Å². The third-order valence-corrected chi connectivity index (χ3v) is 4.54. The number of benzene rings is 1. The highest BCUT2D eigenvalue weighted by molar-refractivity contribution is 6.22. The molecule has 0 spiro atoms. The number of fused-ring (bicyclic) bond motifs is 1. The number of carboxylic acid groups (broad SMARTS) is 1. The lowest BCUT2D eigenvalue weighted by Gasteiger charge is -2.18. The molecule has 1 aliphatic heterocycles. The number of amides is 3. The van der Waals surface area contributed by atoms with Crippen molar-refractivity contribution in [1.29, 1.82) is 0 Å². The van der Waals surface area contributed by atoms with Gasteiger partial charge in [0.25, 0.3) is 17.7 Å². The topological polar surface area (TPSA) is 117 Å². The first kappa shape index (κ1) is 19.2. The second-order valence-corrected chi connectivity index (χ2v) is 6.85. The van der Waals surface area contributed by atoms with Crippen LogP contribution in [0.1, 0.15) is 50.5 Å². The van der Waals surface area contributed by atoms with Crippen molar-refractivity contribution >= 4 is 23.7 Å². The molecule has 3 amide bonds. The number of imide groups is 1. The van der Waals surface area contributed by atoms with Crippen LogP contribution in [0.3, 0.4) is 0 Å². The van der Waals surface area contributed by atoms with Crippen molar-refractivity contribution in [2.45, 2.75) is 26.4 Å². The maximum absolute atomic E-state index is 12.7. The average Bonchev–Trinajstić information content (AvgIpc) is 2.90. The molecule has 8 heteroatoms.